The summed E-state index contributed by atoms with van der Waals surface area (Å²) in [4.78, 5) is 0. The van der Waals surface area contributed by atoms with Gasteiger partial charge in [0.2, 0.25) is 0 Å². The van der Waals surface area contributed by atoms with Crippen LogP contribution in [0.3, 0.4) is 0 Å². The summed E-state index contributed by atoms with van der Waals surface area (Å²) < 4.78 is 0.0962. The number of fused-ring (bicyclic) bond motifs is 1. The number of hydrogen-bond donors (Lipinski definition) is 1. The first-order chi connectivity index (χ1) is 6.11. The molecule has 13 heavy (non-hydrogen) atoms. The van der Waals surface area contributed by atoms with Crippen molar-refractivity contribution in [3.63, 3.8) is 0 Å². The maximum absolute atomic E-state index is 4.77. The Hall–Kier alpha value is -0.430. The highest BCUT2D eigenvalue weighted by Gasteiger charge is 2.29. The molecular formula is C12H16S. The van der Waals surface area contributed by atoms with E-state index in [1.54, 1.807) is 0 Å². The first-order valence-corrected chi connectivity index (χ1v) is 5.37. The van der Waals surface area contributed by atoms with E-state index in [2.05, 4.69) is 32.0 Å². The van der Waals surface area contributed by atoms with Gasteiger partial charge in [-0.25, -0.2) is 0 Å². The summed E-state index contributed by atoms with van der Waals surface area (Å²) in [5.74, 6) is 0. The summed E-state index contributed by atoms with van der Waals surface area (Å²) in [5.41, 5.74) is 4.38. The Morgan fingerprint density at radius 3 is 2.85 bits per heavy atom. The molecular weight excluding hydrogens is 176 g/mol. The van der Waals surface area contributed by atoms with Gasteiger partial charge in [-0.1, -0.05) is 18.2 Å². The Kier molecular flexibility index (Phi) is 2.15. The highest BCUT2D eigenvalue weighted by molar-refractivity contribution is 7.81. The molecule has 0 spiro atoms. The van der Waals surface area contributed by atoms with Crippen LogP contribution in [0.1, 0.15) is 36.5 Å². The first kappa shape index (κ1) is 9.14. The molecule has 0 aromatic heterocycles. The average Bonchev–Trinajstić information content (AvgIpc) is 2.02. The van der Waals surface area contributed by atoms with E-state index in [4.69, 9.17) is 12.6 Å². The van der Waals surface area contributed by atoms with E-state index < -0.39 is 0 Å². The van der Waals surface area contributed by atoms with Crippen molar-refractivity contribution in [2.24, 2.45) is 0 Å². The molecule has 0 amide bonds. The normalized spacial score (nSPS) is 27.0. The van der Waals surface area contributed by atoms with Gasteiger partial charge in [0.05, 0.1) is 0 Å². The van der Waals surface area contributed by atoms with E-state index in [9.17, 15) is 0 Å². The summed E-state index contributed by atoms with van der Waals surface area (Å²) in [6.07, 6.45) is 3.71. The van der Waals surface area contributed by atoms with Crippen LogP contribution in [0.4, 0.5) is 0 Å². The minimum absolute atomic E-state index is 0.0962. The molecule has 0 fully saturated rings. The lowest BCUT2D eigenvalue weighted by Crippen LogP contribution is -2.22. The summed E-state index contributed by atoms with van der Waals surface area (Å²) >= 11 is 4.77. The summed E-state index contributed by atoms with van der Waals surface area (Å²) in [6.45, 7) is 4.43. The highest BCUT2D eigenvalue weighted by atomic mass is 32.1. The molecule has 1 unspecified atom stereocenters. The second kappa shape index (κ2) is 3.06. The van der Waals surface area contributed by atoms with Gasteiger partial charge >= 0.3 is 0 Å². The molecule has 1 aromatic rings. The topological polar surface area (TPSA) is 0 Å². The summed E-state index contributed by atoms with van der Waals surface area (Å²) in [6, 6.07) is 6.60. The molecule has 0 bridgehead atoms. The van der Waals surface area contributed by atoms with E-state index >= 15 is 0 Å². The van der Waals surface area contributed by atoms with Crippen molar-refractivity contribution in [1.82, 2.24) is 0 Å². The Morgan fingerprint density at radius 2 is 2.15 bits per heavy atom. The molecule has 2 rings (SSSR count). The number of benzene rings is 1. The van der Waals surface area contributed by atoms with Crippen molar-refractivity contribution in [2.45, 2.75) is 37.9 Å². The van der Waals surface area contributed by atoms with Gasteiger partial charge in [0.25, 0.3) is 0 Å². The molecule has 1 aromatic carbocycles. The van der Waals surface area contributed by atoms with Crippen molar-refractivity contribution >= 4 is 12.6 Å². The van der Waals surface area contributed by atoms with E-state index in [-0.39, 0.29) is 4.75 Å². The second-order valence-electron chi connectivity index (χ2n) is 4.24. The molecule has 0 heterocycles. The predicted octanol–water partition coefficient (Wildman–Crippen LogP) is 3.48. The molecule has 70 valence electrons. The van der Waals surface area contributed by atoms with E-state index in [0.29, 0.717) is 0 Å². The van der Waals surface area contributed by atoms with Crippen LogP contribution in [0.15, 0.2) is 18.2 Å². The highest BCUT2D eigenvalue weighted by Crippen LogP contribution is 2.41. The van der Waals surface area contributed by atoms with Gasteiger partial charge in [-0.3, -0.25) is 0 Å². The molecule has 1 aliphatic rings. The molecule has 1 aliphatic carbocycles. The van der Waals surface area contributed by atoms with E-state index in [1.807, 2.05) is 0 Å². The molecule has 0 nitrogen and oxygen atoms in total. The Morgan fingerprint density at radius 1 is 1.38 bits per heavy atom. The first-order valence-electron chi connectivity index (χ1n) is 4.92. The Balaban J connectivity index is 2.61. The third-order valence-electron chi connectivity index (χ3n) is 3.01. The third kappa shape index (κ3) is 1.50. The minimum atomic E-state index is 0.0962. The van der Waals surface area contributed by atoms with Crippen molar-refractivity contribution in [3.05, 3.63) is 34.9 Å². The second-order valence-corrected chi connectivity index (χ2v) is 5.22. The molecule has 0 saturated heterocycles. The largest absolute Gasteiger partial charge is 0.168 e. The van der Waals surface area contributed by atoms with E-state index in [0.717, 1.165) is 0 Å². The summed E-state index contributed by atoms with van der Waals surface area (Å²) in [7, 11) is 0. The molecule has 0 aliphatic heterocycles. The fourth-order valence-corrected chi connectivity index (χ4v) is 2.93. The van der Waals surface area contributed by atoms with Gasteiger partial charge in [0.1, 0.15) is 0 Å². The van der Waals surface area contributed by atoms with Crippen molar-refractivity contribution in [3.8, 4) is 0 Å². The van der Waals surface area contributed by atoms with Crippen LogP contribution >= 0.6 is 12.6 Å². The monoisotopic (exact) mass is 192 g/mol. The predicted molar refractivity (Wildman–Crippen MR) is 60.5 cm³/mol. The quantitative estimate of drug-likeness (QED) is 0.598. The van der Waals surface area contributed by atoms with Gasteiger partial charge in [0.15, 0.2) is 0 Å². The van der Waals surface area contributed by atoms with Gasteiger partial charge in [0, 0.05) is 4.75 Å². The Labute approximate surface area is 85.8 Å². The van der Waals surface area contributed by atoms with Crippen LogP contribution in [0.5, 0.6) is 0 Å². The van der Waals surface area contributed by atoms with Crippen molar-refractivity contribution < 1.29 is 0 Å². The molecule has 1 heteroatoms. The standard InChI is InChI=1S/C12H16S/c1-9-5-3-6-10-7-4-8-12(2,13)11(9)10/h3,5-6,13H,4,7-8H2,1-2H3. The number of hydrogen-bond acceptors (Lipinski definition) is 1. The smallest absolute Gasteiger partial charge is 0.0355 e. The molecule has 0 saturated carbocycles. The van der Waals surface area contributed by atoms with Gasteiger partial charge < -0.3 is 0 Å². The van der Waals surface area contributed by atoms with Gasteiger partial charge in [-0.15, -0.1) is 0 Å². The Bertz CT molecular complexity index is 326. The zero-order valence-corrected chi connectivity index (χ0v) is 9.20. The zero-order chi connectivity index (χ0) is 9.47. The SMILES string of the molecule is Cc1cccc2c1C(C)(S)CCC2. The van der Waals surface area contributed by atoms with E-state index in [1.165, 1.54) is 36.0 Å². The maximum atomic E-state index is 4.77. The number of rotatable bonds is 0. The van der Waals surface area contributed by atoms with Crippen LogP contribution in [0, 0.1) is 6.92 Å². The fourth-order valence-electron chi connectivity index (χ4n) is 2.46. The lowest BCUT2D eigenvalue weighted by Gasteiger charge is -2.33. The number of aryl methyl sites for hydroxylation is 2. The molecule has 1 atom stereocenters. The van der Waals surface area contributed by atoms with Gasteiger partial charge in [-0.05, 0) is 49.8 Å². The third-order valence-corrected chi connectivity index (χ3v) is 3.45. The van der Waals surface area contributed by atoms with Crippen molar-refractivity contribution in [1.29, 1.82) is 0 Å². The minimum Gasteiger partial charge on any atom is -0.168 e. The molecule has 0 radical (unpaired) electrons. The average molecular weight is 192 g/mol. The van der Waals surface area contributed by atoms with Crippen LogP contribution in [-0.4, -0.2) is 0 Å². The molecule has 0 N–H and O–H groups in total. The maximum Gasteiger partial charge on any atom is 0.0355 e. The van der Waals surface area contributed by atoms with Crippen LogP contribution < -0.4 is 0 Å². The fraction of sp³-hybridized carbons (Fsp3) is 0.500. The van der Waals surface area contributed by atoms with Crippen molar-refractivity contribution in [2.75, 3.05) is 0 Å². The zero-order valence-electron chi connectivity index (χ0n) is 8.30. The lowest BCUT2D eigenvalue weighted by molar-refractivity contribution is 0.546. The van der Waals surface area contributed by atoms with Crippen LogP contribution in [-0.2, 0) is 11.2 Å². The van der Waals surface area contributed by atoms with Crippen LogP contribution in [0.2, 0.25) is 0 Å². The number of thiol groups is 1. The lowest BCUT2D eigenvalue weighted by atomic mass is 9.81. The van der Waals surface area contributed by atoms with Crippen LogP contribution in [0.25, 0.3) is 0 Å². The van der Waals surface area contributed by atoms with Gasteiger partial charge in [-0.2, -0.15) is 12.6 Å². The summed E-state index contributed by atoms with van der Waals surface area (Å²) in [5, 5.41) is 0.